The molecule has 0 radical (unpaired) electrons. The van der Waals surface area contributed by atoms with Crippen molar-refractivity contribution in [2.75, 3.05) is 38.0 Å². The fourth-order valence-corrected chi connectivity index (χ4v) is 3.70. The Morgan fingerprint density at radius 2 is 1.87 bits per heavy atom. The normalized spacial score (nSPS) is 13.6. The molecule has 30 heavy (non-hydrogen) atoms. The third kappa shape index (κ3) is 5.57. The van der Waals surface area contributed by atoms with Crippen molar-refractivity contribution < 1.29 is 14.4 Å². The first kappa shape index (κ1) is 21.8. The van der Waals surface area contributed by atoms with Crippen LogP contribution in [-0.2, 0) is 4.79 Å². The summed E-state index contributed by atoms with van der Waals surface area (Å²) in [6, 6.07) is 9.23. The first-order valence-electron chi connectivity index (χ1n) is 10.6. The minimum Gasteiger partial charge on any atom is -0.356 e. The Morgan fingerprint density at radius 1 is 1.13 bits per heavy atom. The number of amides is 2. The van der Waals surface area contributed by atoms with Gasteiger partial charge in [0.1, 0.15) is 5.69 Å². The molecule has 1 fully saturated rings. The van der Waals surface area contributed by atoms with E-state index in [0.717, 1.165) is 43.6 Å². The molecular weight excluding hydrogens is 380 g/mol. The maximum atomic E-state index is 12.8. The van der Waals surface area contributed by atoms with Gasteiger partial charge in [-0.15, -0.1) is 0 Å². The SMILES string of the molecule is CCCN(CC(=O)Nc1ccccc1C)CC(=O)c1c[nH]c(C(=O)N2CCCC2)c1. The monoisotopic (exact) mass is 410 g/mol. The van der Waals surface area contributed by atoms with Crippen molar-refractivity contribution in [1.29, 1.82) is 0 Å². The van der Waals surface area contributed by atoms with Crippen LogP contribution in [-0.4, -0.2) is 65.1 Å². The summed E-state index contributed by atoms with van der Waals surface area (Å²) >= 11 is 0. The van der Waals surface area contributed by atoms with Crippen molar-refractivity contribution in [3.8, 4) is 0 Å². The van der Waals surface area contributed by atoms with Gasteiger partial charge in [0.05, 0.1) is 13.1 Å². The first-order chi connectivity index (χ1) is 14.5. The van der Waals surface area contributed by atoms with Crippen LogP contribution < -0.4 is 5.32 Å². The number of hydrogen-bond donors (Lipinski definition) is 2. The van der Waals surface area contributed by atoms with Crippen LogP contribution in [0, 0.1) is 6.92 Å². The number of aromatic amines is 1. The second kappa shape index (κ2) is 10.2. The fraction of sp³-hybridized carbons (Fsp3) is 0.435. The van der Waals surface area contributed by atoms with E-state index in [-0.39, 0.29) is 30.7 Å². The molecule has 0 atom stereocenters. The number of para-hydroxylation sites is 1. The van der Waals surface area contributed by atoms with Gasteiger partial charge in [-0.1, -0.05) is 25.1 Å². The number of benzene rings is 1. The van der Waals surface area contributed by atoms with Gasteiger partial charge in [0.2, 0.25) is 5.91 Å². The van der Waals surface area contributed by atoms with Crippen molar-refractivity contribution in [2.45, 2.75) is 33.1 Å². The molecule has 2 heterocycles. The molecule has 2 aromatic rings. The molecule has 1 aromatic carbocycles. The fourth-order valence-electron chi connectivity index (χ4n) is 3.70. The van der Waals surface area contributed by atoms with Crippen LogP contribution in [0.5, 0.6) is 0 Å². The maximum absolute atomic E-state index is 12.8. The smallest absolute Gasteiger partial charge is 0.270 e. The summed E-state index contributed by atoms with van der Waals surface area (Å²) in [7, 11) is 0. The van der Waals surface area contributed by atoms with E-state index in [4.69, 9.17) is 0 Å². The lowest BCUT2D eigenvalue weighted by atomic mass is 10.2. The van der Waals surface area contributed by atoms with Crippen LogP contribution >= 0.6 is 0 Å². The lowest BCUT2D eigenvalue weighted by Gasteiger charge is -2.20. The van der Waals surface area contributed by atoms with Crippen LogP contribution in [0.2, 0.25) is 0 Å². The second-order valence-electron chi connectivity index (χ2n) is 7.80. The average molecular weight is 411 g/mol. The molecule has 0 bridgehead atoms. The number of anilines is 1. The molecule has 160 valence electrons. The number of carbonyl (C=O) groups is 3. The summed E-state index contributed by atoms with van der Waals surface area (Å²) in [5, 5.41) is 2.91. The van der Waals surface area contributed by atoms with E-state index in [1.165, 1.54) is 0 Å². The summed E-state index contributed by atoms with van der Waals surface area (Å²) in [6.07, 6.45) is 4.46. The van der Waals surface area contributed by atoms with Crippen molar-refractivity contribution in [2.24, 2.45) is 0 Å². The summed E-state index contributed by atoms with van der Waals surface area (Å²) in [5.74, 6) is -0.317. The molecule has 3 rings (SSSR count). The number of likely N-dealkylation sites (tertiary alicyclic amines) is 1. The molecule has 7 nitrogen and oxygen atoms in total. The standard InChI is InChI=1S/C23H30N4O3/c1-3-10-26(16-22(29)25-19-9-5-4-8-17(19)2)15-21(28)18-13-20(24-14-18)23(30)27-11-6-7-12-27/h4-5,8-9,13-14,24H,3,6-7,10-12,15-16H2,1-2H3,(H,25,29). The van der Waals surface area contributed by atoms with E-state index < -0.39 is 0 Å². The summed E-state index contributed by atoms with van der Waals surface area (Å²) in [4.78, 5) is 44.3. The largest absolute Gasteiger partial charge is 0.356 e. The maximum Gasteiger partial charge on any atom is 0.270 e. The van der Waals surface area contributed by atoms with Gasteiger partial charge in [-0.2, -0.15) is 0 Å². The molecule has 1 aliphatic heterocycles. The van der Waals surface area contributed by atoms with Gasteiger partial charge >= 0.3 is 0 Å². The van der Waals surface area contributed by atoms with E-state index >= 15 is 0 Å². The highest BCUT2D eigenvalue weighted by Gasteiger charge is 2.22. The number of aromatic nitrogens is 1. The number of H-pyrrole nitrogens is 1. The highest BCUT2D eigenvalue weighted by Crippen LogP contribution is 2.15. The Hall–Kier alpha value is -2.93. The number of hydrogen-bond acceptors (Lipinski definition) is 4. The highest BCUT2D eigenvalue weighted by molar-refractivity contribution is 6.01. The third-order valence-corrected chi connectivity index (χ3v) is 5.32. The van der Waals surface area contributed by atoms with Crippen molar-refractivity contribution in [3.05, 3.63) is 53.3 Å². The minimum atomic E-state index is -0.149. The van der Waals surface area contributed by atoms with Gasteiger partial charge in [-0.25, -0.2) is 0 Å². The number of aryl methyl sites for hydroxylation is 1. The zero-order valence-corrected chi connectivity index (χ0v) is 17.7. The number of carbonyl (C=O) groups excluding carboxylic acids is 3. The highest BCUT2D eigenvalue weighted by atomic mass is 16.2. The van der Waals surface area contributed by atoms with E-state index in [9.17, 15) is 14.4 Å². The summed E-state index contributed by atoms with van der Waals surface area (Å²) < 4.78 is 0. The number of rotatable bonds is 9. The van der Waals surface area contributed by atoms with Crippen LogP contribution in [0.1, 0.15) is 52.6 Å². The zero-order chi connectivity index (χ0) is 21.5. The molecule has 0 spiro atoms. The van der Waals surface area contributed by atoms with E-state index in [1.54, 1.807) is 17.2 Å². The molecule has 0 saturated carbocycles. The van der Waals surface area contributed by atoms with Crippen LogP contribution in [0.4, 0.5) is 5.69 Å². The minimum absolute atomic E-state index is 0.0606. The van der Waals surface area contributed by atoms with Gasteiger partial charge in [0, 0.05) is 30.5 Å². The number of nitrogens with zero attached hydrogens (tertiary/aromatic N) is 2. The quantitative estimate of drug-likeness (QED) is 0.622. The third-order valence-electron chi connectivity index (χ3n) is 5.32. The predicted octanol–water partition coefficient (Wildman–Crippen LogP) is 3.09. The summed E-state index contributed by atoms with van der Waals surface area (Å²) in [6.45, 7) is 6.39. The first-order valence-corrected chi connectivity index (χ1v) is 10.6. The van der Waals surface area contributed by atoms with Gasteiger partial charge in [-0.3, -0.25) is 19.3 Å². The number of nitrogens with one attached hydrogen (secondary N) is 2. The van der Waals surface area contributed by atoms with E-state index in [2.05, 4.69) is 10.3 Å². The molecular formula is C23H30N4O3. The van der Waals surface area contributed by atoms with E-state index in [1.807, 2.05) is 43.0 Å². The van der Waals surface area contributed by atoms with Crippen LogP contribution in [0.25, 0.3) is 0 Å². The second-order valence-corrected chi connectivity index (χ2v) is 7.80. The molecule has 1 aliphatic rings. The lowest BCUT2D eigenvalue weighted by molar-refractivity contribution is -0.117. The topological polar surface area (TPSA) is 85.5 Å². The molecule has 0 unspecified atom stereocenters. The molecule has 7 heteroatoms. The molecule has 1 aromatic heterocycles. The van der Waals surface area contributed by atoms with Gasteiger partial charge < -0.3 is 15.2 Å². The Labute approximate surface area is 177 Å². The molecule has 0 aliphatic carbocycles. The summed E-state index contributed by atoms with van der Waals surface area (Å²) in [5.41, 5.74) is 2.69. The lowest BCUT2D eigenvalue weighted by Crippen LogP contribution is -2.37. The molecule has 1 saturated heterocycles. The van der Waals surface area contributed by atoms with Gasteiger partial charge in [0.25, 0.3) is 5.91 Å². The zero-order valence-electron chi connectivity index (χ0n) is 17.7. The van der Waals surface area contributed by atoms with Gasteiger partial charge in [-0.05, 0) is 50.4 Å². The predicted molar refractivity (Wildman–Crippen MR) is 117 cm³/mol. The Bertz CT molecular complexity index is 899. The van der Waals surface area contributed by atoms with Crippen LogP contribution in [0.15, 0.2) is 36.5 Å². The van der Waals surface area contributed by atoms with Crippen molar-refractivity contribution in [1.82, 2.24) is 14.8 Å². The Balaban J connectivity index is 1.59. The van der Waals surface area contributed by atoms with E-state index in [0.29, 0.717) is 17.8 Å². The Morgan fingerprint density at radius 3 is 2.57 bits per heavy atom. The number of ketones is 1. The Kier molecular flexibility index (Phi) is 7.41. The van der Waals surface area contributed by atoms with Gasteiger partial charge in [0.15, 0.2) is 5.78 Å². The molecule has 2 N–H and O–H groups in total. The van der Waals surface area contributed by atoms with Crippen LogP contribution in [0.3, 0.4) is 0 Å². The number of Topliss-reactive ketones (excluding diaryl/α,β-unsaturated/α-hetero) is 1. The molecule has 2 amide bonds. The average Bonchev–Trinajstić information content (AvgIpc) is 3.42. The van der Waals surface area contributed by atoms with Crippen molar-refractivity contribution >= 4 is 23.3 Å². The van der Waals surface area contributed by atoms with Crippen molar-refractivity contribution in [3.63, 3.8) is 0 Å².